The van der Waals surface area contributed by atoms with Crippen molar-refractivity contribution in [3.8, 4) is 5.75 Å². The largest absolute Gasteiger partial charge is 0.496 e. The van der Waals surface area contributed by atoms with Crippen molar-refractivity contribution in [3.63, 3.8) is 0 Å². The molecule has 0 saturated carbocycles. The van der Waals surface area contributed by atoms with Gasteiger partial charge in [0.1, 0.15) is 5.75 Å². The molecule has 1 N–H and O–H groups in total. The van der Waals surface area contributed by atoms with Crippen LogP contribution in [-0.2, 0) is 6.54 Å². The Hall–Kier alpha value is -0.540. The summed E-state index contributed by atoms with van der Waals surface area (Å²) in [7, 11) is 1.72. The molecule has 0 atom stereocenters. The van der Waals surface area contributed by atoms with E-state index in [4.69, 9.17) is 4.74 Å². The first-order valence-electron chi connectivity index (χ1n) is 6.27. The van der Waals surface area contributed by atoms with E-state index < -0.39 is 0 Å². The topological polar surface area (TPSA) is 21.3 Å². The van der Waals surface area contributed by atoms with Crippen LogP contribution in [0.1, 0.15) is 31.2 Å². The lowest BCUT2D eigenvalue weighted by molar-refractivity contribution is 0.407. The maximum atomic E-state index is 5.31. The Labute approximate surface area is 113 Å². The minimum Gasteiger partial charge on any atom is -0.496 e. The smallest absolute Gasteiger partial charge is 0.123 e. The van der Waals surface area contributed by atoms with Gasteiger partial charge < -0.3 is 10.1 Å². The summed E-state index contributed by atoms with van der Waals surface area (Å²) in [4.78, 5) is 0. The Morgan fingerprint density at radius 2 is 1.88 bits per heavy atom. The van der Waals surface area contributed by atoms with Gasteiger partial charge in [-0.3, -0.25) is 0 Å². The zero-order valence-electron chi connectivity index (χ0n) is 10.5. The number of methoxy groups -OCH3 is 1. The molecule has 0 unspecified atom stereocenters. The molecule has 0 radical (unpaired) electrons. The SMILES string of the molecule is COc1ccccc1CNCCCCCCBr. The lowest BCUT2D eigenvalue weighted by Crippen LogP contribution is -2.15. The first-order valence-corrected chi connectivity index (χ1v) is 7.39. The maximum absolute atomic E-state index is 5.31. The molecular weight excluding hydrogens is 278 g/mol. The van der Waals surface area contributed by atoms with Crippen molar-refractivity contribution in [1.82, 2.24) is 5.32 Å². The van der Waals surface area contributed by atoms with Gasteiger partial charge in [-0.05, 0) is 25.5 Å². The number of ether oxygens (including phenoxy) is 1. The second kappa shape index (κ2) is 9.49. The summed E-state index contributed by atoms with van der Waals surface area (Å²) in [6.07, 6.45) is 5.17. The molecule has 0 fully saturated rings. The fraction of sp³-hybridized carbons (Fsp3) is 0.571. The van der Waals surface area contributed by atoms with Crippen molar-refractivity contribution in [3.05, 3.63) is 29.8 Å². The van der Waals surface area contributed by atoms with Gasteiger partial charge in [0, 0.05) is 17.4 Å². The van der Waals surface area contributed by atoms with Crippen LogP contribution in [0.25, 0.3) is 0 Å². The first-order chi connectivity index (χ1) is 8.38. The molecule has 0 spiro atoms. The minimum atomic E-state index is 0.891. The maximum Gasteiger partial charge on any atom is 0.123 e. The van der Waals surface area contributed by atoms with Crippen LogP contribution in [0.4, 0.5) is 0 Å². The highest BCUT2D eigenvalue weighted by atomic mass is 79.9. The van der Waals surface area contributed by atoms with Gasteiger partial charge in [-0.25, -0.2) is 0 Å². The number of alkyl halides is 1. The number of rotatable bonds is 9. The average Bonchev–Trinajstić information content (AvgIpc) is 2.38. The number of hydrogen-bond acceptors (Lipinski definition) is 2. The summed E-state index contributed by atoms with van der Waals surface area (Å²) in [5.74, 6) is 0.972. The third-order valence-corrected chi connectivity index (χ3v) is 3.31. The van der Waals surface area contributed by atoms with E-state index >= 15 is 0 Å². The zero-order chi connectivity index (χ0) is 12.3. The van der Waals surface area contributed by atoms with E-state index in [1.807, 2.05) is 12.1 Å². The normalized spacial score (nSPS) is 10.5. The van der Waals surface area contributed by atoms with E-state index in [0.29, 0.717) is 0 Å². The molecule has 2 nitrogen and oxygen atoms in total. The van der Waals surface area contributed by atoms with E-state index in [0.717, 1.165) is 24.2 Å². The van der Waals surface area contributed by atoms with Gasteiger partial charge >= 0.3 is 0 Å². The Morgan fingerprint density at radius 3 is 2.65 bits per heavy atom. The summed E-state index contributed by atoms with van der Waals surface area (Å²) in [5, 5.41) is 4.59. The molecule has 1 rings (SSSR count). The van der Waals surface area contributed by atoms with Crippen molar-refractivity contribution < 1.29 is 4.74 Å². The number of para-hydroxylation sites is 1. The number of nitrogens with one attached hydrogen (secondary N) is 1. The van der Waals surface area contributed by atoms with Crippen LogP contribution in [-0.4, -0.2) is 19.0 Å². The van der Waals surface area contributed by atoms with Crippen molar-refractivity contribution >= 4 is 15.9 Å². The van der Waals surface area contributed by atoms with E-state index in [1.165, 1.54) is 31.2 Å². The van der Waals surface area contributed by atoms with Crippen LogP contribution in [0, 0.1) is 0 Å². The predicted molar refractivity (Wildman–Crippen MR) is 77.0 cm³/mol. The lowest BCUT2D eigenvalue weighted by Gasteiger charge is -2.09. The summed E-state index contributed by atoms with van der Waals surface area (Å²) in [6.45, 7) is 1.97. The van der Waals surface area contributed by atoms with Gasteiger partial charge in [0.05, 0.1) is 7.11 Å². The molecular formula is C14H22BrNO. The zero-order valence-corrected chi connectivity index (χ0v) is 12.1. The highest BCUT2D eigenvalue weighted by Crippen LogP contribution is 2.16. The molecule has 0 amide bonds. The molecule has 0 aliphatic heterocycles. The van der Waals surface area contributed by atoms with Gasteiger partial charge in [0.15, 0.2) is 0 Å². The summed E-state index contributed by atoms with van der Waals surface area (Å²) >= 11 is 3.45. The van der Waals surface area contributed by atoms with Crippen LogP contribution in [0.5, 0.6) is 5.75 Å². The average molecular weight is 300 g/mol. The predicted octanol–water partition coefficient (Wildman–Crippen LogP) is 3.74. The van der Waals surface area contributed by atoms with Gasteiger partial charge in [-0.15, -0.1) is 0 Å². The van der Waals surface area contributed by atoms with Gasteiger partial charge in [0.2, 0.25) is 0 Å². The van der Waals surface area contributed by atoms with Gasteiger partial charge in [-0.2, -0.15) is 0 Å². The number of unbranched alkanes of at least 4 members (excludes halogenated alkanes) is 3. The molecule has 0 aliphatic rings. The molecule has 0 aliphatic carbocycles. The molecule has 17 heavy (non-hydrogen) atoms. The van der Waals surface area contributed by atoms with Crippen LogP contribution in [0.15, 0.2) is 24.3 Å². The molecule has 0 saturated heterocycles. The van der Waals surface area contributed by atoms with E-state index in [9.17, 15) is 0 Å². The first kappa shape index (κ1) is 14.5. The van der Waals surface area contributed by atoms with Crippen molar-refractivity contribution in [1.29, 1.82) is 0 Å². The van der Waals surface area contributed by atoms with Crippen LogP contribution < -0.4 is 10.1 Å². The van der Waals surface area contributed by atoms with Crippen molar-refractivity contribution in [2.75, 3.05) is 19.0 Å². The second-order valence-electron chi connectivity index (χ2n) is 4.09. The van der Waals surface area contributed by atoms with Crippen molar-refractivity contribution in [2.45, 2.75) is 32.2 Å². The van der Waals surface area contributed by atoms with E-state index in [2.05, 4.69) is 33.4 Å². The summed E-state index contributed by atoms with van der Waals surface area (Å²) in [6, 6.07) is 8.17. The van der Waals surface area contributed by atoms with Gasteiger partial charge in [-0.1, -0.05) is 47.0 Å². The third kappa shape index (κ3) is 6.08. The molecule has 0 aromatic heterocycles. The quantitative estimate of drug-likeness (QED) is 0.554. The van der Waals surface area contributed by atoms with Crippen LogP contribution >= 0.6 is 15.9 Å². The van der Waals surface area contributed by atoms with Crippen molar-refractivity contribution in [2.24, 2.45) is 0 Å². The van der Waals surface area contributed by atoms with Crippen LogP contribution in [0.2, 0.25) is 0 Å². The minimum absolute atomic E-state index is 0.891. The molecule has 0 bridgehead atoms. The fourth-order valence-electron chi connectivity index (χ4n) is 1.77. The Balaban J connectivity index is 2.13. The third-order valence-electron chi connectivity index (χ3n) is 2.75. The number of benzene rings is 1. The monoisotopic (exact) mass is 299 g/mol. The van der Waals surface area contributed by atoms with E-state index in [-0.39, 0.29) is 0 Å². The summed E-state index contributed by atoms with van der Waals surface area (Å²) < 4.78 is 5.31. The number of halogens is 1. The molecule has 1 aromatic carbocycles. The Kier molecular flexibility index (Phi) is 8.10. The highest BCUT2D eigenvalue weighted by molar-refractivity contribution is 9.09. The molecule has 3 heteroatoms. The standard InChI is InChI=1S/C14H22BrNO/c1-17-14-9-5-4-8-13(14)12-16-11-7-3-2-6-10-15/h4-5,8-9,16H,2-3,6-7,10-12H2,1H3. The second-order valence-corrected chi connectivity index (χ2v) is 4.88. The molecule has 0 heterocycles. The Bertz CT molecular complexity index is 304. The van der Waals surface area contributed by atoms with E-state index in [1.54, 1.807) is 7.11 Å². The number of hydrogen-bond donors (Lipinski definition) is 1. The molecule has 96 valence electrons. The fourth-order valence-corrected chi connectivity index (χ4v) is 2.17. The van der Waals surface area contributed by atoms with Gasteiger partial charge in [0.25, 0.3) is 0 Å². The summed E-state index contributed by atoms with van der Waals surface area (Å²) in [5.41, 5.74) is 1.23. The highest BCUT2D eigenvalue weighted by Gasteiger charge is 1.99. The lowest BCUT2D eigenvalue weighted by atomic mass is 10.2. The molecule has 1 aromatic rings. The Morgan fingerprint density at radius 1 is 1.12 bits per heavy atom. The van der Waals surface area contributed by atoms with Crippen LogP contribution in [0.3, 0.4) is 0 Å².